The number of carbonyl (C=O) groups is 1. The topological polar surface area (TPSA) is 46.5 Å². The van der Waals surface area contributed by atoms with Gasteiger partial charge in [0.15, 0.2) is 0 Å². The van der Waals surface area contributed by atoms with E-state index in [1.807, 2.05) is 7.11 Å². The van der Waals surface area contributed by atoms with Gasteiger partial charge >= 0.3 is 5.97 Å². The molecule has 5 fully saturated rings. The van der Waals surface area contributed by atoms with E-state index < -0.39 is 5.97 Å². The molecule has 1 unspecified atom stereocenters. The lowest BCUT2D eigenvalue weighted by molar-refractivity contribution is -0.161. The Labute approximate surface area is 164 Å². The van der Waals surface area contributed by atoms with Crippen LogP contribution in [0.15, 0.2) is 0 Å². The van der Waals surface area contributed by atoms with E-state index in [4.69, 9.17) is 4.74 Å². The minimum Gasteiger partial charge on any atom is -0.481 e. The maximum atomic E-state index is 11.3. The van der Waals surface area contributed by atoms with E-state index in [-0.39, 0.29) is 0 Å². The number of hydrogen-bond acceptors (Lipinski definition) is 2. The Morgan fingerprint density at radius 1 is 1.15 bits per heavy atom. The van der Waals surface area contributed by atoms with Crippen LogP contribution in [0.1, 0.15) is 78.6 Å². The summed E-state index contributed by atoms with van der Waals surface area (Å²) in [6, 6.07) is 0. The quantitative estimate of drug-likeness (QED) is 0.718. The third kappa shape index (κ3) is 2.16. The zero-order valence-corrected chi connectivity index (χ0v) is 17.7. The number of methoxy groups -OCH3 is 1. The monoisotopic (exact) mass is 374 g/mol. The van der Waals surface area contributed by atoms with E-state index in [0.717, 1.165) is 23.7 Å². The van der Waals surface area contributed by atoms with Crippen molar-refractivity contribution in [3.05, 3.63) is 0 Å². The van der Waals surface area contributed by atoms with Gasteiger partial charge in [0, 0.05) is 18.9 Å². The predicted octanol–water partition coefficient (Wildman–Crippen LogP) is 5.38. The van der Waals surface area contributed by atoms with Crippen molar-refractivity contribution in [2.75, 3.05) is 7.11 Å². The van der Waals surface area contributed by atoms with E-state index in [9.17, 15) is 9.90 Å². The molecule has 3 heteroatoms. The molecule has 5 aliphatic rings. The standard InChI is InChI=1S/C24H38O3/c1-14(11-21(25)26)17-5-6-18-16-12-20(27-4)24-13-15(24)7-10-23(24,3)19(16)8-9-22(17,18)2/h14-20H,5-13H2,1-4H3,(H,25,26)/t14-,15-,16+,17-,18+,19+,20-,22-,23-,24?/m1/s1. The molecule has 27 heavy (non-hydrogen) atoms. The Kier molecular flexibility index (Phi) is 3.92. The summed E-state index contributed by atoms with van der Waals surface area (Å²) >= 11 is 0. The minimum atomic E-state index is -0.625. The molecule has 0 aromatic carbocycles. The molecule has 1 spiro atoms. The third-order valence-corrected chi connectivity index (χ3v) is 11.1. The van der Waals surface area contributed by atoms with Crippen molar-refractivity contribution in [1.82, 2.24) is 0 Å². The van der Waals surface area contributed by atoms with Crippen LogP contribution >= 0.6 is 0 Å². The molecule has 0 heterocycles. The van der Waals surface area contributed by atoms with Gasteiger partial charge in [-0.2, -0.15) is 0 Å². The van der Waals surface area contributed by atoms with E-state index >= 15 is 0 Å². The SMILES string of the molecule is CO[C@@H]1C[C@H]2[C@@H]3CC[C@H]([C@H](C)CC(=O)O)[C@@]3(C)CC[C@@H]2[C@@]2(C)CC[C@@H]3CC312. The highest BCUT2D eigenvalue weighted by Crippen LogP contribution is 2.82. The first kappa shape index (κ1) is 18.5. The Hall–Kier alpha value is -0.570. The van der Waals surface area contributed by atoms with Crippen LogP contribution in [-0.4, -0.2) is 24.3 Å². The highest BCUT2D eigenvalue weighted by molar-refractivity contribution is 5.67. The normalized spacial score (nSPS) is 56.6. The van der Waals surface area contributed by atoms with Crippen LogP contribution in [0.2, 0.25) is 0 Å². The molecular formula is C24H38O3. The van der Waals surface area contributed by atoms with E-state index in [2.05, 4.69) is 20.8 Å². The average Bonchev–Trinajstić information content (AvgIpc) is 3.11. The summed E-state index contributed by atoms with van der Waals surface area (Å²) in [5.41, 5.74) is 1.34. The zero-order valence-electron chi connectivity index (χ0n) is 17.7. The zero-order chi connectivity index (χ0) is 19.2. The maximum absolute atomic E-state index is 11.3. The van der Waals surface area contributed by atoms with Gasteiger partial charge in [-0.15, -0.1) is 0 Å². The maximum Gasteiger partial charge on any atom is 0.303 e. The highest BCUT2D eigenvalue weighted by Gasteiger charge is 2.77. The van der Waals surface area contributed by atoms with Gasteiger partial charge in [0.05, 0.1) is 6.10 Å². The van der Waals surface area contributed by atoms with Gasteiger partial charge in [-0.1, -0.05) is 20.8 Å². The number of fused-ring (bicyclic) bond motifs is 4. The second-order valence-corrected chi connectivity index (χ2v) is 11.5. The van der Waals surface area contributed by atoms with Crippen molar-refractivity contribution < 1.29 is 14.6 Å². The summed E-state index contributed by atoms with van der Waals surface area (Å²) in [6.07, 6.45) is 11.6. The molecule has 5 aliphatic carbocycles. The second kappa shape index (κ2) is 5.74. The molecule has 5 rings (SSSR count). The lowest BCUT2D eigenvalue weighted by Gasteiger charge is -2.61. The lowest BCUT2D eigenvalue weighted by atomic mass is 9.45. The van der Waals surface area contributed by atoms with Gasteiger partial charge < -0.3 is 9.84 Å². The van der Waals surface area contributed by atoms with Crippen LogP contribution in [0.4, 0.5) is 0 Å². The number of ether oxygens (including phenoxy) is 1. The minimum absolute atomic E-state index is 0.303. The molecule has 0 saturated heterocycles. The molecule has 3 nitrogen and oxygen atoms in total. The van der Waals surface area contributed by atoms with Gasteiger partial charge in [0.2, 0.25) is 0 Å². The molecule has 10 atom stereocenters. The molecule has 0 aromatic heterocycles. The van der Waals surface area contributed by atoms with Crippen molar-refractivity contribution in [3.63, 3.8) is 0 Å². The van der Waals surface area contributed by atoms with Crippen molar-refractivity contribution in [2.45, 2.75) is 84.7 Å². The van der Waals surface area contributed by atoms with Crippen molar-refractivity contribution in [3.8, 4) is 0 Å². The number of hydrogen-bond donors (Lipinski definition) is 1. The Morgan fingerprint density at radius 2 is 1.93 bits per heavy atom. The van der Waals surface area contributed by atoms with Crippen molar-refractivity contribution in [1.29, 1.82) is 0 Å². The number of carboxylic acid groups (broad SMARTS) is 1. The van der Waals surface area contributed by atoms with Gasteiger partial charge in [0.1, 0.15) is 0 Å². The van der Waals surface area contributed by atoms with Crippen LogP contribution in [0.25, 0.3) is 0 Å². The van der Waals surface area contributed by atoms with Crippen LogP contribution in [-0.2, 0) is 9.53 Å². The van der Waals surface area contributed by atoms with Crippen LogP contribution < -0.4 is 0 Å². The molecular weight excluding hydrogens is 336 g/mol. The lowest BCUT2D eigenvalue weighted by Crippen LogP contribution is -2.57. The predicted molar refractivity (Wildman–Crippen MR) is 105 cm³/mol. The van der Waals surface area contributed by atoms with Crippen LogP contribution in [0.3, 0.4) is 0 Å². The molecule has 0 aromatic rings. The third-order valence-electron chi connectivity index (χ3n) is 11.1. The van der Waals surface area contributed by atoms with Crippen molar-refractivity contribution in [2.24, 2.45) is 51.8 Å². The molecule has 152 valence electrons. The fourth-order valence-electron chi connectivity index (χ4n) is 9.97. The van der Waals surface area contributed by atoms with E-state index in [0.29, 0.717) is 40.6 Å². The molecule has 0 radical (unpaired) electrons. The molecule has 0 bridgehead atoms. The molecule has 0 amide bonds. The Balaban J connectivity index is 1.45. The molecule has 1 N–H and O–H groups in total. The Bertz CT molecular complexity index is 646. The fourth-order valence-corrected chi connectivity index (χ4v) is 9.97. The summed E-state index contributed by atoms with van der Waals surface area (Å²) in [7, 11) is 1.96. The first-order valence-corrected chi connectivity index (χ1v) is 11.5. The average molecular weight is 375 g/mol. The number of carboxylic acids is 1. The van der Waals surface area contributed by atoms with Gasteiger partial charge in [-0.3, -0.25) is 4.79 Å². The van der Waals surface area contributed by atoms with Gasteiger partial charge in [0.25, 0.3) is 0 Å². The summed E-state index contributed by atoms with van der Waals surface area (Å²) in [5.74, 6) is 3.66. The van der Waals surface area contributed by atoms with Crippen LogP contribution in [0, 0.1) is 51.8 Å². The van der Waals surface area contributed by atoms with Crippen molar-refractivity contribution >= 4 is 5.97 Å². The summed E-state index contributed by atoms with van der Waals surface area (Å²) in [5, 5.41) is 9.33. The fraction of sp³-hybridized carbons (Fsp3) is 0.958. The number of aliphatic carboxylic acids is 1. The first-order valence-electron chi connectivity index (χ1n) is 11.5. The summed E-state index contributed by atoms with van der Waals surface area (Å²) < 4.78 is 6.19. The number of rotatable bonds is 4. The largest absolute Gasteiger partial charge is 0.481 e. The molecule has 0 aliphatic heterocycles. The summed E-state index contributed by atoms with van der Waals surface area (Å²) in [4.78, 5) is 11.3. The van der Waals surface area contributed by atoms with Crippen LogP contribution in [0.5, 0.6) is 0 Å². The Morgan fingerprint density at radius 3 is 2.59 bits per heavy atom. The second-order valence-electron chi connectivity index (χ2n) is 11.5. The molecule has 5 saturated carbocycles. The smallest absolute Gasteiger partial charge is 0.303 e. The van der Waals surface area contributed by atoms with Gasteiger partial charge in [-0.05, 0) is 97.7 Å². The van der Waals surface area contributed by atoms with E-state index in [1.165, 1.54) is 51.4 Å². The van der Waals surface area contributed by atoms with Gasteiger partial charge in [-0.25, -0.2) is 0 Å². The highest BCUT2D eigenvalue weighted by atomic mass is 16.5. The first-order chi connectivity index (χ1) is 12.8. The van der Waals surface area contributed by atoms with E-state index in [1.54, 1.807) is 0 Å². The summed E-state index contributed by atoms with van der Waals surface area (Å²) in [6.45, 7) is 7.34.